The predicted octanol–water partition coefficient (Wildman–Crippen LogP) is 15.8. The smallest absolute Gasteiger partial charge is 0.164 e. The molecule has 0 aliphatic heterocycles. The molecule has 78 heavy (non-hydrogen) atoms. The lowest BCUT2D eigenvalue weighted by atomic mass is 9.97. The quantitative estimate of drug-likeness (QED) is 0.140. The summed E-state index contributed by atoms with van der Waals surface area (Å²) in [5.41, 5.74) is 14.7. The van der Waals surface area contributed by atoms with Crippen molar-refractivity contribution in [3.63, 3.8) is 0 Å². The van der Waals surface area contributed by atoms with Gasteiger partial charge in [0.25, 0.3) is 0 Å². The lowest BCUT2D eigenvalue weighted by molar-refractivity contribution is 1.07. The first-order valence-corrected chi connectivity index (χ1v) is 25.8. The number of aromatic nitrogens is 9. The number of aryl methyl sites for hydroxylation is 2. The summed E-state index contributed by atoms with van der Waals surface area (Å²) in [7, 11) is 0. The van der Waals surface area contributed by atoms with Crippen LogP contribution in [0.4, 0.5) is 0 Å². The zero-order chi connectivity index (χ0) is 52.3. The molecule has 0 aliphatic rings. The van der Waals surface area contributed by atoms with E-state index in [2.05, 4.69) is 112 Å². The Morgan fingerprint density at radius 1 is 0.295 bits per heavy atom. The highest BCUT2D eigenvalue weighted by Gasteiger charge is 2.25. The number of para-hydroxylation sites is 2. The average molecular weight is 1000 g/mol. The second-order valence-electron chi connectivity index (χ2n) is 19.4. The third kappa shape index (κ3) is 8.02. The van der Waals surface area contributed by atoms with Gasteiger partial charge in [-0.25, -0.2) is 29.9 Å². The van der Waals surface area contributed by atoms with E-state index in [9.17, 15) is 5.26 Å². The topological polar surface area (TPSA) is 124 Å². The first-order valence-electron chi connectivity index (χ1n) is 25.8. The fraction of sp³-hybridized carbons (Fsp3) is 0.0294. The minimum Gasteiger partial charge on any atom is -0.308 e. The summed E-state index contributed by atoms with van der Waals surface area (Å²) < 4.78 is 4.60. The van der Waals surface area contributed by atoms with Gasteiger partial charge in [0.2, 0.25) is 0 Å². The molecule has 0 aliphatic carbocycles. The Kier molecular flexibility index (Phi) is 11.1. The monoisotopic (exact) mass is 1000 g/mol. The highest BCUT2D eigenvalue weighted by atomic mass is 15.1. The average Bonchev–Trinajstić information content (AvgIpc) is 4.23. The van der Waals surface area contributed by atoms with Crippen LogP contribution in [0.1, 0.15) is 17.0 Å². The van der Waals surface area contributed by atoms with Gasteiger partial charge in [-0.05, 0) is 67.9 Å². The maximum atomic E-state index is 11.2. The van der Waals surface area contributed by atoms with Crippen molar-refractivity contribution in [3.05, 3.63) is 247 Å². The maximum absolute atomic E-state index is 11.2. The van der Waals surface area contributed by atoms with E-state index in [4.69, 9.17) is 34.9 Å². The predicted molar refractivity (Wildman–Crippen MR) is 312 cm³/mol. The van der Waals surface area contributed by atoms with Crippen molar-refractivity contribution >= 4 is 43.6 Å². The summed E-state index contributed by atoms with van der Waals surface area (Å²) in [6.07, 6.45) is 0. The van der Waals surface area contributed by atoms with E-state index < -0.39 is 0 Å². The number of nitrogens with zero attached hydrogens (tertiary/aromatic N) is 10. The summed E-state index contributed by atoms with van der Waals surface area (Å²) in [5, 5.41) is 15.4. The van der Waals surface area contributed by atoms with Crippen LogP contribution in [0, 0.1) is 25.2 Å². The SMILES string of the molecule is Cc1cc(-c2c(-n3c4ccccc4c4ccc(-c5nc(-c6ccccc6)nc(-c6ccccc6)n5)cc43)cc(C#N)cc2-n2c3ccccc3c3ccc(-c4nc(-c5ccccc5)nc(-c5ccccc5)n4)cc32)cc(C)n1. The third-order valence-electron chi connectivity index (χ3n) is 14.3. The molecule has 10 nitrogen and oxygen atoms in total. The van der Waals surface area contributed by atoms with Crippen molar-refractivity contribution in [1.29, 1.82) is 5.26 Å². The summed E-state index contributed by atoms with van der Waals surface area (Å²) in [5.74, 6) is 3.40. The van der Waals surface area contributed by atoms with Crippen molar-refractivity contribution < 1.29 is 0 Å². The normalized spacial score (nSPS) is 11.4. The first-order chi connectivity index (χ1) is 38.4. The molecule has 0 bridgehead atoms. The summed E-state index contributed by atoms with van der Waals surface area (Å²) in [6, 6.07) is 80.8. The zero-order valence-electron chi connectivity index (χ0n) is 42.4. The summed E-state index contributed by atoms with van der Waals surface area (Å²) in [6.45, 7) is 4.06. The van der Waals surface area contributed by atoms with Crippen LogP contribution in [-0.2, 0) is 0 Å². The van der Waals surface area contributed by atoms with Crippen molar-refractivity contribution in [2.75, 3.05) is 0 Å². The van der Waals surface area contributed by atoms with Crippen molar-refractivity contribution in [2.45, 2.75) is 13.8 Å². The van der Waals surface area contributed by atoms with E-state index in [1.165, 1.54) is 0 Å². The van der Waals surface area contributed by atoms with Gasteiger partial charge in [-0.1, -0.05) is 182 Å². The summed E-state index contributed by atoms with van der Waals surface area (Å²) in [4.78, 5) is 35.5. The van der Waals surface area contributed by atoms with Crippen molar-refractivity contribution in [1.82, 2.24) is 44.0 Å². The molecule has 5 heterocycles. The van der Waals surface area contributed by atoms with Crippen LogP contribution in [-0.4, -0.2) is 44.0 Å². The first kappa shape index (κ1) is 45.8. The largest absolute Gasteiger partial charge is 0.308 e. The van der Waals surface area contributed by atoms with E-state index in [0.29, 0.717) is 40.5 Å². The molecular weight excluding hydrogens is 957 g/mol. The molecule has 0 radical (unpaired) electrons. The third-order valence-corrected chi connectivity index (χ3v) is 14.3. The molecule has 0 atom stereocenters. The molecule has 14 aromatic rings. The Hall–Kier alpha value is -10.8. The van der Waals surface area contributed by atoms with Crippen LogP contribution >= 0.6 is 0 Å². The number of nitriles is 1. The molecule has 9 aromatic carbocycles. The lowest BCUT2D eigenvalue weighted by Crippen LogP contribution is -2.06. The molecule has 0 fully saturated rings. The molecule has 0 unspecified atom stereocenters. The highest BCUT2D eigenvalue weighted by molar-refractivity contribution is 6.13. The van der Waals surface area contributed by atoms with Crippen LogP contribution in [0.3, 0.4) is 0 Å². The Morgan fingerprint density at radius 3 is 0.974 bits per heavy atom. The number of hydrogen-bond donors (Lipinski definition) is 0. The highest BCUT2D eigenvalue weighted by Crippen LogP contribution is 2.44. The minimum atomic E-state index is 0.491. The van der Waals surface area contributed by atoms with E-state index in [1.807, 2.05) is 147 Å². The molecule has 10 heteroatoms. The van der Waals surface area contributed by atoms with E-state index >= 15 is 0 Å². The second-order valence-corrected chi connectivity index (χ2v) is 19.4. The van der Waals surface area contributed by atoms with Gasteiger partial charge >= 0.3 is 0 Å². The number of benzene rings is 9. The Morgan fingerprint density at radius 2 is 0.615 bits per heavy atom. The molecule has 14 rings (SSSR count). The molecular formula is C68H44N10. The molecule has 366 valence electrons. The molecule has 0 spiro atoms. The molecule has 5 aromatic heterocycles. The summed E-state index contributed by atoms with van der Waals surface area (Å²) >= 11 is 0. The van der Waals surface area contributed by atoms with Crippen LogP contribution in [0.5, 0.6) is 0 Å². The number of rotatable bonds is 9. The maximum Gasteiger partial charge on any atom is 0.164 e. The molecule has 0 saturated carbocycles. The van der Waals surface area contributed by atoms with Gasteiger partial charge in [-0.3, -0.25) is 4.98 Å². The van der Waals surface area contributed by atoms with Gasteiger partial charge in [0.05, 0.1) is 45.1 Å². The Bertz CT molecular complexity index is 4290. The number of hydrogen-bond acceptors (Lipinski definition) is 8. The fourth-order valence-electron chi connectivity index (χ4n) is 10.9. The number of fused-ring (bicyclic) bond motifs is 6. The Labute approximate surface area is 449 Å². The van der Waals surface area contributed by atoms with Crippen molar-refractivity contribution in [2.24, 2.45) is 0 Å². The zero-order valence-corrected chi connectivity index (χ0v) is 42.4. The van der Waals surface area contributed by atoms with Gasteiger partial charge in [0.1, 0.15) is 0 Å². The standard InChI is InChI=1S/C68H44N10/c1-42-35-51(36-43(2)70-42)62-60(77-56-29-17-15-27-52(56)54-33-31-49(39-58(54)77)67-73-63(45-19-7-3-8-20-45)71-64(74-67)46-21-9-4-10-22-46)37-44(41-69)38-61(62)78-57-30-18-16-28-53(57)55-34-32-50(40-59(55)78)68-75-65(47-23-11-5-12-24-47)72-66(76-68)48-25-13-6-14-26-48/h3-40H,1-2H3. The van der Waals surface area contributed by atoms with E-state index in [1.54, 1.807) is 0 Å². The van der Waals surface area contributed by atoms with Gasteiger partial charge in [-0.15, -0.1) is 0 Å². The molecule has 0 saturated heterocycles. The van der Waals surface area contributed by atoms with Gasteiger partial charge in [0.15, 0.2) is 34.9 Å². The van der Waals surface area contributed by atoms with Crippen LogP contribution in [0.25, 0.3) is 134 Å². The van der Waals surface area contributed by atoms with Crippen LogP contribution < -0.4 is 0 Å². The van der Waals surface area contributed by atoms with Crippen molar-refractivity contribution in [3.8, 4) is 96.9 Å². The van der Waals surface area contributed by atoms with Crippen LogP contribution in [0.15, 0.2) is 231 Å². The lowest BCUT2D eigenvalue weighted by Gasteiger charge is -2.21. The second kappa shape index (κ2) is 18.9. The van der Waals surface area contributed by atoms with Gasteiger partial charge in [0, 0.05) is 71.9 Å². The number of pyridine rings is 1. The molecule has 0 amide bonds. The fourth-order valence-corrected chi connectivity index (χ4v) is 10.9. The molecule has 0 N–H and O–H groups in total. The van der Waals surface area contributed by atoms with Gasteiger partial charge in [-0.2, -0.15) is 5.26 Å². The van der Waals surface area contributed by atoms with Crippen LogP contribution in [0.2, 0.25) is 0 Å². The van der Waals surface area contributed by atoms with E-state index in [-0.39, 0.29) is 0 Å². The van der Waals surface area contributed by atoms with E-state index in [0.717, 1.165) is 111 Å². The Balaban J connectivity index is 1.05. The minimum absolute atomic E-state index is 0.491. The van der Waals surface area contributed by atoms with Gasteiger partial charge < -0.3 is 9.13 Å².